The molecule has 0 spiro atoms. The third kappa shape index (κ3) is 2.81. The molecule has 4 aromatic rings. The average molecular weight is 357 g/mol. The monoisotopic (exact) mass is 357 g/mol. The number of hydrogen-bond acceptors (Lipinski definition) is 3. The van der Waals surface area contributed by atoms with Crippen LogP contribution in [0.4, 0.5) is 5.82 Å². The highest BCUT2D eigenvalue weighted by atomic mass is 16.5. The number of ether oxygens (including phenoxy) is 1. The Kier molecular flexibility index (Phi) is 3.60. The molecule has 5 heteroatoms. The molecule has 0 aliphatic heterocycles. The van der Waals surface area contributed by atoms with Crippen LogP contribution in [0.3, 0.4) is 0 Å². The number of aromatic nitrogens is 2. The van der Waals surface area contributed by atoms with Crippen molar-refractivity contribution in [2.45, 2.75) is 12.8 Å². The predicted molar refractivity (Wildman–Crippen MR) is 106 cm³/mol. The molecule has 2 aromatic heterocycles. The highest BCUT2D eigenvalue weighted by Gasteiger charge is 2.30. The molecule has 5 nitrogen and oxygen atoms in total. The molecule has 0 radical (unpaired) electrons. The third-order valence-electron chi connectivity index (χ3n) is 5.05. The number of nitrogens with zero attached hydrogens (tertiary/aromatic N) is 2. The summed E-state index contributed by atoms with van der Waals surface area (Å²) in [5.74, 6) is 1.67. The number of carbonyl (C=O) groups is 1. The summed E-state index contributed by atoms with van der Waals surface area (Å²) >= 11 is 0. The zero-order chi connectivity index (χ0) is 18.4. The van der Waals surface area contributed by atoms with E-state index in [0.717, 1.165) is 46.3 Å². The number of carbonyl (C=O) groups excluding carboxylic acids is 1. The fourth-order valence-electron chi connectivity index (χ4n) is 3.46. The Morgan fingerprint density at radius 3 is 2.81 bits per heavy atom. The van der Waals surface area contributed by atoms with Crippen LogP contribution in [0.25, 0.3) is 27.7 Å². The summed E-state index contributed by atoms with van der Waals surface area (Å²) in [5, 5.41) is 5.13. The second-order valence-corrected chi connectivity index (χ2v) is 6.93. The van der Waals surface area contributed by atoms with Gasteiger partial charge in [0.15, 0.2) is 5.82 Å². The summed E-state index contributed by atoms with van der Waals surface area (Å²) in [6.45, 7) is 0. The first-order valence-electron chi connectivity index (χ1n) is 9.09. The molecule has 1 saturated carbocycles. The average Bonchev–Trinajstić information content (AvgIpc) is 3.47. The van der Waals surface area contributed by atoms with E-state index < -0.39 is 0 Å². The number of pyridine rings is 1. The zero-order valence-electron chi connectivity index (χ0n) is 15.0. The molecular formula is C22H19N3O2. The Balaban J connectivity index is 1.60. The minimum Gasteiger partial charge on any atom is -0.496 e. The van der Waals surface area contributed by atoms with Gasteiger partial charge in [0.05, 0.1) is 19.0 Å². The molecule has 1 amide bonds. The molecule has 27 heavy (non-hydrogen) atoms. The van der Waals surface area contributed by atoms with Gasteiger partial charge < -0.3 is 10.1 Å². The Hall–Kier alpha value is -3.34. The van der Waals surface area contributed by atoms with Gasteiger partial charge in [0, 0.05) is 11.3 Å². The van der Waals surface area contributed by atoms with Gasteiger partial charge in [0.2, 0.25) is 5.91 Å². The molecule has 1 aliphatic carbocycles. The van der Waals surface area contributed by atoms with E-state index in [9.17, 15) is 4.79 Å². The fraction of sp³-hybridized carbons (Fsp3) is 0.182. The largest absolute Gasteiger partial charge is 0.496 e. The van der Waals surface area contributed by atoms with Gasteiger partial charge in [-0.2, -0.15) is 0 Å². The zero-order valence-corrected chi connectivity index (χ0v) is 15.0. The van der Waals surface area contributed by atoms with E-state index in [4.69, 9.17) is 4.74 Å². The lowest BCUT2D eigenvalue weighted by molar-refractivity contribution is -0.117. The molecule has 0 unspecified atom stereocenters. The Labute approximate surface area is 156 Å². The molecule has 0 atom stereocenters. The second-order valence-electron chi connectivity index (χ2n) is 6.93. The van der Waals surface area contributed by atoms with Crippen molar-refractivity contribution < 1.29 is 9.53 Å². The summed E-state index contributed by atoms with van der Waals surface area (Å²) in [6.07, 6.45) is 3.84. The number of imidazole rings is 1. The standard InChI is InChI=1S/C22H19N3O2/c1-27-19-6-2-4-14-8-11-16(12-17(14)19)18-5-3-7-21-23-20(13-25(18)21)24-22(26)15-9-10-15/h2-8,11-13,15H,9-10H2,1H3,(H,24,26). The van der Waals surface area contributed by atoms with Gasteiger partial charge in [0.1, 0.15) is 11.4 Å². The van der Waals surface area contributed by atoms with Crippen LogP contribution in [0.5, 0.6) is 5.75 Å². The quantitative estimate of drug-likeness (QED) is 0.584. The lowest BCUT2D eigenvalue weighted by Crippen LogP contribution is -2.13. The van der Waals surface area contributed by atoms with Gasteiger partial charge in [-0.15, -0.1) is 0 Å². The molecule has 1 N–H and O–H groups in total. The lowest BCUT2D eigenvalue weighted by Gasteiger charge is -2.09. The normalized spacial score (nSPS) is 13.8. The molecule has 1 fully saturated rings. The number of nitrogens with one attached hydrogen (secondary N) is 1. The SMILES string of the molecule is COc1cccc2ccc(-c3cccc4nc(NC(=O)C5CC5)cn34)cc12. The van der Waals surface area contributed by atoms with Crippen molar-refractivity contribution in [2.24, 2.45) is 5.92 Å². The Morgan fingerprint density at radius 1 is 1.15 bits per heavy atom. The molecule has 134 valence electrons. The van der Waals surface area contributed by atoms with E-state index in [1.807, 2.05) is 34.9 Å². The number of anilines is 1. The van der Waals surface area contributed by atoms with E-state index in [1.54, 1.807) is 7.11 Å². The minimum atomic E-state index is 0.0652. The number of hydrogen-bond donors (Lipinski definition) is 1. The third-order valence-corrected chi connectivity index (χ3v) is 5.05. The van der Waals surface area contributed by atoms with Crippen molar-refractivity contribution in [1.29, 1.82) is 0 Å². The number of rotatable bonds is 4. The predicted octanol–water partition coefficient (Wildman–Crippen LogP) is 4.51. The van der Waals surface area contributed by atoms with E-state index >= 15 is 0 Å². The van der Waals surface area contributed by atoms with Crippen molar-refractivity contribution in [1.82, 2.24) is 9.38 Å². The van der Waals surface area contributed by atoms with E-state index in [0.29, 0.717) is 5.82 Å². The number of amides is 1. The maximum Gasteiger partial charge on any atom is 0.228 e. The Bertz CT molecular complexity index is 1170. The van der Waals surface area contributed by atoms with Crippen molar-refractivity contribution in [3.8, 4) is 17.0 Å². The van der Waals surface area contributed by atoms with Gasteiger partial charge in [-0.1, -0.05) is 30.3 Å². The Morgan fingerprint density at radius 2 is 2.00 bits per heavy atom. The molecule has 0 bridgehead atoms. The summed E-state index contributed by atoms with van der Waals surface area (Å²) in [7, 11) is 1.69. The van der Waals surface area contributed by atoms with Crippen LogP contribution in [0.15, 0.2) is 60.8 Å². The lowest BCUT2D eigenvalue weighted by atomic mass is 10.0. The molecule has 5 rings (SSSR count). The van der Waals surface area contributed by atoms with E-state index in [1.165, 1.54) is 0 Å². The fourth-order valence-corrected chi connectivity index (χ4v) is 3.46. The number of fused-ring (bicyclic) bond motifs is 2. The van der Waals surface area contributed by atoms with Crippen molar-refractivity contribution in [3.63, 3.8) is 0 Å². The first-order valence-corrected chi connectivity index (χ1v) is 9.09. The summed E-state index contributed by atoms with van der Waals surface area (Å²) in [4.78, 5) is 16.6. The van der Waals surface area contributed by atoms with E-state index in [-0.39, 0.29) is 11.8 Å². The van der Waals surface area contributed by atoms with Crippen LogP contribution in [0.2, 0.25) is 0 Å². The molecule has 2 heterocycles. The van der Waals surface area contributed by atoms with Gasteiger partial charge in [0.25, 0.3) is 0 Å². The van der Waals surface area contributed by atoms with Crippen LogP contribution in [0, 0.1) is 5.92 Å². The second kappa shape index (κ2) is 6.13. The van der Waals surface area contributed by atoms with Gasteiger partial charge in [-0.25, -0.2) is 4.98 Å². The number of methoxy groups -OCH3 is 1. The van der Waals surface area contributed by atoms with Crippen molar-refractivity contribution >= 4 is 28.1 Å². The van der Waals surface area contributed by atoms with Crippen LogP contribution in [-0.4, -0.2) is 22.4 Å². The maximum absolute atomic E-state index is 12.0. The van der Waals surface area contributed by atoms with Gasteiger partial charge in [-0.05, 0) is 48.1 Å². The number of benzene rings is 2. The van der Waals surface area contributed by atoms with Crippen LogP contribution < -0.4 is 10.1 Å². The first-order chi connectivity index (χ1) is 13.2. The maximum atomic E-state index is 12.0. The molecule has 2 aromatic carbocycles. The molecule has 1 aliphatic rings. The van der Waals surface area contributed by atoms with Gasteiger partial charge in [-0.3, -0.25) is 9.20 Å². The summed E-state index contributed by atoms with van der Waals surface area (Å²) in [5.41, 5.74) is 2.88. The highest BCUT2D eigenvalue weighted by Crippen LogP contribution is 2.32. The van der Waals surface area contributed by atoms with Gasteiger partial charge >= 0.3 is 0 Å². The molecule has 0 saturated heterocycles. The van der Waals surface area contributed by atoms with Crippen molar-refractivity contribution in [2.75, 3.05) is 12.4 Å². The molecular weight excluding hydrogens is 338 g/mol. The first kappa shape index (κ1) is 15.9. The minimum absolute atomic E-state index is 0.0652. The summed E-state index contributed by atoms with van der Waals surface area (Å²) < 4.78 is 7.53. The highest BCUT2D eigenvalue weighted by molar-refractivity contribution is 5.94. The van der Waals surface area contributed by atoms with Crippen molar-refractivity contribution in [3.05, 3.63) is 60.8 Å². The van der Waals surface area contributed by atoms with Crippen LogP contribution in [-0.2, 0) is 4.79 Å². The van der Waals surface area contributed by atoms with E-state index in [2.05, 4.69) is 40.6 Å². The van der Waals surface area contributed by atoms with Crippen LogP contribution >= 0.6 is 0 Å². The topological polar surface area (TPSA) is 55.6 Å². The summed E-state index contributed by atoms with van der Waals surface area (Å²) in [6, 6.07) is 18.3. The van der Waals surface area contributed by atoms with Crippen LogP contribution in [0.1, 0.15) is 12.8 Å². The smallest absolute Gasteiger partial charge is 0.228 e.